The summed E-state index contributed by atoms with van der Waals surface area (Å²) in [5.74, 6) is 0.854. The van der Waals surface area contributed by atoms with Gasteiger partial charge in [0.15, 0.2) is 0 Å². The van der Waals surface area contributed by atoms with Gasteiger partial charge in [-0.05, 0) is 31.7 Å². The third kappa shape index (κ3) is 4.20. The second-order valence-electron chi connectivity index (χ2n) is 6.73. The van der Waals surface area contributed by atoms with Crippen molar-refractivity contribution in [3.63, 3.8) is 0 Å². The molecule has 10 nitrogen and oxygen atoms in total. The maximum Gasteiger partial charge on any atom is 0.319 e. The molecule has 0 radical (unpaired) electrons. The van der Waals surface area contributed by atoms with E-state index in [0.29, 0.717) is 41.6 Å². The van der Waals surface area contributed by atoms with Gasteiger partial charge in [0.25, 0.3) is 0 Å². The fourth-order valence-electron chi connectivity index (χ4n) is 3.30. The summed E-state index contributed by atoms with van der Waals surface area (Å²) in [5.41, 5.74) is 1.59. The van der Waals surface area contributed by atoms with Crippen molar-refractivity contribution in [1.29, 1.82) is 5.26 Å². The molecule has 1 aliphatic rings. The predicted octanol–water partition coefficient (Wildman–Crippen LogP) is 1.97. The summed E-state index contributed by atoms with van der Waals surface area (Å²) < 4.78 is 5.42. The largest absolute Gasteiger partial charge is 0.337 e. The Morgan fingerprint density at radius 3 is 3.07 bits per heavy atom. The van der Waals surface area contributed by atoms with Gasteiger partial charge < -0.3 is 15.2 Å². The molecule has 1 aromatic carbocycles. The van der Waals surface area contributed by atoms with Crippen LogP contribution in [-0.4, -0.2) is 50.7 Å². The molecular weight excluding hydrogens is 372 g/mol. The maximum atomic E-state index is 12.3. The van der Waals surface area contributed by atoms with Gasteiger partial charge in [-0.25, -0.2) is 9.78 Å². The van der Waals surface area contributed by atoms with Crippen LogP contribution in [0.5, 0.6) is 0 Å². The number of urea groups is 1. The predicted molar refractivity (Wildman–Crippen MR) is 102 cm³/mol. The van der Waals surface area contributed by atoms with Crippen molar-refractivity contribution in [3.8, 4) is 17.6 Å². The summed E-state index contributed by atoms with van der Waals surface area (Å²) in [4.78, 5) is 27.0. The Hall–Kier alpha value is -3.84. The van der Waals surface area contributed by atoms with E-state index in [4.69, 9.17) is 9.78 Å². The number of nitrogens with one attached hydrogen (secondary N) is 2. The fraction of sp³-hybridized carbons (Fsp3) is 0.263. The van der Waals surface area contributed by atoms with E-state index in [9.17, 15) is 4.79 Å². The van der Waals surface area contributed by atoms with Crippen LogP contribution in [0.15, 0.2) is 47.4 Å². The molecule has 1 aliphatic heterocycles. The van der Waals surface area contributed by atoms with Gasteiger partial charge in [-0.3, -0.25) is 9.88 Å². The van der Waals surface area contributed by atoms with Crippen LogP contribution in [0.2, 0.25) is 0 Å². The number of likely N-dealkylation sites (tertiary alicyclic amines) is 1. The number of amides is 2. The number of carbonyl (C=O) groups excluding carboxylic acids is 1. The monoisotopic (exact) mass is 390 g/mol. The lowest BCUT2D eigenvalue weighted by Gasteiger charge is -2.14. The van der Waals surface area contributed by atoms with Crippen LogP contribution in [0.1, 0.15) is 23.9 Å². The van der Waals surface area contributed by atoms with Crippen LogP contribution in [0.25, 0.3) is 11.5 Å². The summed E-state index contributed by atoms with van der Waals surface area (Å²) in [6, 6.07) is 8.27. The number of nitrogens with zero attached hydrogens (tertiary/aromatic N) is 6. The van der Waals surface area contributed by atoms with Crippen molar-refractivity contribution in [1.82, 2.24) is 30.3 Å². The number of anilines is 1. The number of benzene rings is 1. The second-order valence-corrected chi connectivity index (χ2v) is 6.73. The summed E-state index contributed by atoms with van der Waals surface area (Å²) in [6.07, 6.45) is 5.35. The number of likely N-dealkylation sites (N-methyl/N-ethyl adjacent to an activating group) is 1. The van der Waals surface area contributed by atoms with Gasteiger partial charge in [0, 0.05) is 30.7 Å². The zero-order valence-electron chi connectivity index (χ0n) is 15.6. The lowest BCUT2D eigenvalue weighted by Crippen LogP contribution is -2.39. The molecule has 29 heavy (non-hydrogen) atoms. The van der Waals surface area contributed by atoms with Crippen molar-refractivity contribution < 1.29 is 9.32 Å². The van der Waals surface area contributed by atoms with Crippen LogP contribution < -0.4 is 10.6 Å². The smallest absolute Gasteiger partial charge is 0.319 e. The topological polar surface area (TPSA) is 133 Å². The summed E-state index contributed by atoms with van der Waals surface area (Å²) in [5, 5.41) is 18.6. The summed E-state index contributed by atoms with van der Waals surface area (Å²) in [6.45, 7) is 0.638. The molecule has 2 atom stereocenters. The minimum absolute atomic E-state index is 0.0870. The van der Waals surface area contributed by atoms with Crippen molar-refractivity contribution in [2.75, 3.05) is 18.9 Å². The van der Waals surface area contributed by atoms with Crippen LogP contribution in [0.4, 0.5) is 10.5 Å². The first-order chi connectivity index (χ1) is 14.1. The van der Waals surface area contributed by atoms with E-state index in [0.717, 1.165) is 0 Å². The molecule has 4 rings (SSSR count). The van der Waals surface area contributed by atoms with Gasteiger partial charge in [0.2, 0.25) is 11.7 Å². The molecule has 2 amide bonds. The number of aromatic nitrogens is 4. The third-order valence-electron chi connectivity index (χ3n) is 4.65. The van der Waals surface area contributed by atoms with E-state index in [2.05, 4.69) is 35.6 Å². The lowest BCUT2D eigenvalue weighted by molar-refractivity contribution is 0.243. The van der Waals surface area contributed by atoms with Gasteiger partial charge >= 0.3 is 6.03 Å². The Morgan fingerprint density at radius 2 is 2.28 bits per heavy atom. The molecule has 3 heterocycles. The molecule has 1 saturated heterocycles. The van der Waals surface area contributed by atoms with Crippen molar-refractivity contribution in [2.24, 2.45) is 0 Å². The first kappa shape index (κ1) is 18.5. The Kier molecular flexibility index (Phi) is 5.13. The van der Waals surface area contributed by atoms with Crippen molar-refractivity contribution in [2.45, 2.75) is 18.5 Å². The van der Waals surface area contributed by atoms with E-state index >= 15 is 0 Å². The molecular formula is C19H18N8O2. The number of nitriles is 1. The van der Waals surface area contributed by atoms with E-state index in [-0.39, 0.29) is 18.1 Å². The summed E-state index contributed by atoms with van der Waals surface area (Å²) in [7, 11) is 1.94. The van der Waals surface area contributed by atoms with Gasteiger partial charge in [0.05, 0.1) is 23.9 Å². The number of hydrogen-bond acceptors (Lipinski definition) is 8. The molecule has 10 heteroatoms. The maximum absolute atomic E-state index is 12.3. The molecule has 0 saturated carbocycles. The minimum atomic E-state index is -0.329. The second kappa shape index (κ2) is 8.04. The summed E-state index contributed by atoms with van der Waals surface area (Å²) >= 11 is 0. The number of hydrogen-bond donors (Lipinski definition) is 2. The quantitative estimate of drug-likeness (QED) is 0.691. The van der Waals surface area contributed by atoms with E-state index in [1.54, 1.807) is 42.9 Å². The molecule has 0 aliphatic carbocycles. The molecule has 2 N–H and O–H groups in total. The van der Waals surface area contributed by atoms with Gasteiger partial charge in [-0.2, -0.15) is 10.2 Å². The van der Waals surface area contributed by atoms with Crippen LogP contribution in [0.3, 0.4) is 0 Å². The van der Waals surface area contributed by atoms with Gasteiger partial charge in [-0.1, -0.05) is 11.2 Å². The zero-order chi connectivity index (χ0) is 20.2. The molecule has 1 fully saturated rings. The number of carbonyl (C=O) groups is 1. The van der Waals surface area contributed by atoms with E-state index in [1.165, 1.54) is 0 Å². The number of rotatable bonds is 4. The molecule has 146 valence electrons. The highest BCUT2D eigenvalue weighted by molar-refractivity contribution is 5.89. The minimum Gasteiger partial charge on any atom is -0.337 e. The Labute approximate surface area is 166 Å². The third-order valence-corrected chi connectivity index (χ3v) is 4.65. The van der Waals surface area contributed by atoms with Gasteiger partial charge in [0.1, 0.15) is 5.69 Å². The first-order valence-electron chi connectivity index (χ1n) is 9.00. The average Bonchev–Trinajstić information content (AvgIpc) is 3.35. The Morgan fingerprint density at radius 1 is 1.38 bits per heavy atom. The van der Waals surface area contributed by atoms with E-state index < -0.39 is 0 Å². The molecule has 2 unspecified atom stereocenters. The standard InChI is InChI=1S/C19H18N8O2/c1-27-11-14(24-19(28)23-13-4-2-3-12(7-13)9-20)8-16(27)18-25-17(26-29-18)15-10-21-5-6-22-15/h2-7,10,14,16H,8,11H2,1H3,(H2,23,24,28). The SMILES string of the molecule is CN1CC(NC(=O)Nc2cccc(C#N)c2)CC1c1nc(-c2cnccn2)no1. The van der Waals surface area contributed by atoms with E-state index in [1.807, 2.05) is 13.1 Å². The first-order valence-corrected chi connectivity index (χ1v) is 9.00. The van der Waals surface area contributed by atoms with Crippen molar-refractivity contribution in [3.05, 3.63) is 54.3 Å². The highest BCUT2D eigenvalue weighted by Gasteiger charge is 2.35. The molecule has 0 bridgehead atoms. The van der Waals surface area contributed by atoms with Crippen molar-refractivity contribution >= 4 is 11.7 Å². The normalized spacial score (nSPS) is 18.9. The molecule has 3 aromatic rings. The highest BCUT2D eigenvalue weighted by Crippen LogP contribution is 2.30. The lowest BCUT2D eigenvalue weighted by atomic mass is 10.1. The molecule has 0 spiro atoms. The Balaban J connectivity index is 1.38. The Bertz CT molecular complexity index is 1050. The average molecular weight is 390 g/mol. The highest BCUT2D eigenvalue weighted by atomic mass is 16.5. The fourth-order valence-corrected chi connectivity index (χ4v) is 3.30. The van der Waals surface area contributed by atoms with Gasteiger partial charge in [-0.15, -0.1) is 0 Å². The molecule has 2 aromatic heterocycles. The van der Waals surface area contributed by atoms with Crippen LogP contribution in [0, 0.1) is 11.3 Å². The van der Waals surface area contributed by atoms with Crippen LogP contribution >= 0.6 is 0 Å². The zero-order valence-corrected chi connectivity index (χ0v) is 15.6. The van der Waals surface area contributed by atoms with Crippen LogP contribution in [-0.2, 0) is 0 Å².